The summed E-state index contributed by atoms with van der Waals surface area (Å²) in [5.74, 6) is -0.193. The van der Waals surface area contributed by atoms with Crippen LogP contribution in [0.2, 0.25) is 0 Å². The molecular formula is C13H12N2OS. The van der Waals surface area contributed by atoms with Gasteiger partial charge >= 0.3 is 0 Å². The SMILES string of the molecule is CC(=NNC(=O)c1ccccc1)c1cccs1. The molecule has 0 spiro atoms. The number of hydrogen-bond acceptors (Lipinski definition) is 3. The van der Waals surface area contributed by atoms with E-state index in [-0.39, 0.29) is 5.91 Å². The van der Waals surface area contributed by atoms with Gasteiger partial charge in [-0.25, -0.2) is 5.43 Å². The van der Waals surface area contributed by atoms with Crippen LogP contribution in [0.1, 0.15) is 22.2 Å². The maximum Gasteiger partial charge on any atom is 0.271 e. The molecule has 2 rings (SSSR count). The van der Waals surface area contributed by atoms with Gasteiger partial charge in [-0.15, -0.1) is 11.3 Å². The van der Waals surface area contributed by atoms with Crippen molar-refractivity contribution < 1.29 is 4.79 Å². The van der Waals surface area contributed by atoms with Crippen LogP contribution in [0.5, 0.6) is 0 Å². The Labute approximate surface area is 104 Å². The van der Waals surface area contributed by atoms with E-state index in [1.54, 1.807) is 23.5 Å². The lowest BCUT2D eigenvalue weighted by molar-refractivity contribution is 0.0955. The summed E-state index contributed by atoms with van der Waals surface area (Å²) < 4.78 is 0. The summed E-state index contributed by atoms with van der Waals surface area (Å²) in [7, 11) is 0. The van der Waals surface area contributed by atoms with Gasteiger partial charge in [0.15, 0.2) is 0 Å². The van der Waals surface area contributed by atoms with Crippen molar-refractivity contribution >= 4 is 23.0 Å². The molecule has 1 amide bonds. The van der Waals surface area contributed by atoms with Crippen LogP contribution in [0.25, 0.3) is 0 Å². The predicted molar refractivity (Wildman–Crippen MR) is 70.4 cm³/mol. The van der Waals surface area contributed by atoms with Gasteiger partial charge < -0.3 is 0 Å². The summed E-state index contributed by atoms with van der Waals surface area (Å²) in [5.41, 5.74) is 3.96. The molecule has 1 heterocycles. The topological polar surface area (TPSA) is 41.5 Å². The molecule has 0 saturated carbocycles. The van der Waals surface area contributed by atoms with E-state index in [4.69, 9.17) is 0 Å². The molecule has 0 aliphatic rings. The average molecular weight is 244 g/mol. The third kappa shape index (κ3) is 3.01. The molecule has 1 aromatic carbocycles. The number of rotatable bonds is 3. The zero-order valence-electron chi connectivity index (χ0n) is 9.38. The molecule has 17 heavy (non-hydrogen) atoms. The van der Waals surface area contributed by atoms with Crippen LogP contribution in [0.4, 0.5) is 0 Å². The highest BCUT2D eigenvalue weighted by Gasteiger charge is 2.03. The van der Waals surface area contributed by atoms with Crippen LogP contribution in [0.15, 0.2) is 52.9 Å². The minimum absolute atomic E-state index is 0.193. The maximum absolute atomic E-state index is 11.7. The Balaban J connectivity index is 2.04. The van der Waals surface area contributed by atoms with E-state index in [2.05, 4.69) is 10.5 Å². The molecule has 0 bridgehead atoms. The predicted octanol–water partition coefficient (Wildman–Crippen LogP) is 2.90. The van der Waals surface area contributed by atoms with Crippen LogP contribution in [0.3, 0.4) is 0 Å². The first-order chi connectivity index (χ1) is 8.27. The van der Waals surface area contributed by atoms with Gasteiger partial charge in [-0.05, 0) is 30.5 Å². The third-order valence-electron chi connectivity index (χ3n) is 2.24. The first kappa shape index (κ1) is 11.5. The summed E-state index contributed by atoms with van der Waals surface area (Å²) in [5, 5.41) is 6.05. The van der Waals surface area contributed by atoms with Gasteiger partial charge in [0.05, 0.1) is 5.71 Å². The van der Waals surface area contributed by atoms with Crippen molar-refractivity contribution in [2.24, 2.45) is 5.10 Å². The van der Waals surface area contributed by atoms with Gasteiger partial charge in [0.2, 0.25) is 0 Å². The van der Waals surface area contributed by atoms with Crippen molar-refractivity contribution in [3.8, 4) is 0 Å². The highest BCUT2D eigenvalue weighted by atomic mass is 32.1. The number of carbonyl (C=O) groups is 1. The van der Waals surface area contributed by atoms with Crippen LogP contribution < -0.4 is 5.43 Å². The highest BCUT2D eigenvalue weighted by molar-refractivity contribution is 7.12. The number of hydrazone groups is 1. The second-order valence-corrected chi connectivity index (χ2v) is 4.43. The highest BCUT2D eigenvalue weighted by Crippen LogP contribution is 2.09. The normalized spacial score (nSPS) is 11.2. The van der Waals surface area contributed by atoms with Crippen molar-refractivity contribution in [2.45, 2.75) is 6.92 Å². The molecule has 0 aliphatic carbocycles. The number of carbonyl (C=O) groups excluding carboxylic acids is 1. The van der Waals surface area contributed by atoms with Crippen LogP contribution >= 0.6 is 11.3 Å². The molecule has 86 valence electrons. The second kappa shape index (κ2) is 5.41. The number of hydrogen-bond donors (Lipinski definition) is 1. The van der Waals surface area contributed by atoms with Crippen molar-refractivity contribution in [1.29, 1.82) is 0 Å². The number of nitrogens with zero attached hydrogens (tertiary/aromatic N) is 1. The first-order valence-corrected chi connectivity index (χ1v) is 6.09. The van der Waals surface area contributed by atoms with E-state index in [0.29, 0.717) is 5.56 Å². The molecule has 0 unspecified atom stereocenters. The van der Waals surface area contributed by atoms with Gasteiger partial charge in [-0.3, -0.25) is 4.79 Å². The monoisotopic (exact) mass is 244 g/mol. The molecule has 2 aromatic rings. The van der Waals surface area contributed by atoms with Crippen molar-refractivity contribution in [3.63, 3.8) is 0 Å². The van der Waals surface area contributed by atoms with E-state index in [1.807, 2.05) is 42.6 Å². The number of thiophene rings is 1. The number of amides is 1. The average Bonchev–Trinajstić information content (AvgIpc) is 2.90. The molecule has 0 aliphatic heterocycles. The molecule has 0 fully saturated rings. The van der Waals surface area contributed by atoms with E-state index < -0.39 is 0 Å². The molecule has 1 aromatic heterocycles. The standard InChI is InChI=1S/C13H12N2OS/c1-10(12-8-5-9-17-12)14-15-13(16)11-6-3-2-4-7-11/h2-9H,1H3,(H,15,16). The quantitative estimate of drug-likeness (QED) is 0.654. The van der Waals surface area contributed by atoms with E-state index in [0.717, 1.165) is 10.6 Å². The van der Waals surface area contributed by atoms with Crippen molar-refractivity contribution in [2.75, 3.05) is 0 Å². The van der Waals surface area contributed by atoms with Gasteiger partial charge in [-0.2, -0.15) is 5.10 Å². The van der Waals surface area contributed by atoms with Gasteiger partial charge in [0.25, 0.3) is 5.91 Å². The summed E-state index contributed by atoms with van der Waals surface area (Å²) in [6.07, 6.45) is 0. The maximum atomic E-state index is 11.7. The van der Waals surface area contributed by atoms with Crippen molar-refractivity contribution in [3.05, 3.63) is 58.3 Å². The minimum Gasteiger partial charge on any atom is -0.267 e. The lowest BCUT2D eigenvalue weighted by Crippen LogP contribution is -2.18. The summed E-state index contributed by atoms with van der Waals surface area (Å²) in [4.78, 5) is 12.8. The summed E-state index contributed by atoms with van der Waals surface area (Å²) in [6, 6.07) is 13.0. The largest absolute Gasteiger partial charge is 0.271 e. The molecule has 0 atom stereocenters. The Hall–Kier alpha value is -1.94. The van der Waals surface area contributed by atoms with Crippen molar-refractivity contribution in [1.82, 2.24) is 5.43 Å². The van der Waals surface area contributed by atoms with Gasteiger partial charge in [0.1, 0.15) is 0 Å². The number of nitrogens with one attached hydrogen (secondary N) is 1. The Bertz CT molecular complexity index is 518. The molecule has 3 nitrogen and oxygen atoms in total. The van der Waals surface area contributed by atoms with E-state index in [9.17, 15) is 4.79 Å². The zero-order chi connectivity index (χ0) is 12.1. The van der Waals surface area contributed by atoms with E-state index in [1.165, 1.54) is 0 Å². The van der Waals surface area contributed by atoms with Crippen LogP contribution in [-0.2, 0) is 0 Å². The lowest BCUT2D eigenvalue weighted by Gasteiger charge is -2.00. The fraction of sp³-hybridized carbons (Fsp3) is 0.0769. The molecule has 1 N–H and O–H groups in total. The summed E-state index contributed by atoms with van der Waals surface area (Å²) in [6.45, 7) is 1.87. The molecule has 4 heteroatoms. The Kier molecular flexibility index (Phi) is 3.67. The minimum atomic E-state index is -0.193. The Morgan fingerprint density at radius 1 is 1.18 bits per heavy atom. The smallest absolute Gasteiger partial charge is 0.267 e. The van der Waals surface area contributed by atoms with Gasteiger partial charge in [0, 0.05) is 10.4 Å². The number of benzene rings is 1. The molecule has 0 radical (unpaired) electrons. The fourth-order valence-electron chi connectivity index (χ4n) is 1.33. The summed E-state index contributed by atoms with van der Waals surface area (Å²) >= 11 is 1.60. The van der Waals surface area contributed by atoms with Crippen LogP contribution in [-0.4, -0.2) is 11.6 Å². The lowest BCUT2D eigenvalue weighted by atomic mass is 10.2. The first-order valence-electron chi connectivity index (χ1n) is 5.21. The van der Waals surface area contributed by atoms with Gasteiger partial charge in [-0.1, -0.05) is 24.3 Å². The third-order valence-corrected chi connectivity index (χ3v) is 3.22. The zero-order valence-corrected chi connectivity index (χ0v) is 10.2. The van der Waals surface area contributed by atoms with Crippen LogP contribution in [0, 0.1) is 0 Å². The van der Waals surface area contributed by atoms with E-state index >= 15 is 0 Å². The Morgan fingerprint density at radius 2 is 1.94 bits per heavy atom. The fourth-order valence-corrected chi connectivity index (χ4v) is 2.01. The molecule has 0 saturated heterocycles. The second-order valence-electron chi connectivity index (χ2n) is 3.48. The Morgan fingerprint density at radius 3 is 2.59 bits per heavy atom. The molecular weight excluding hydrogens is 232 g/mol.